The summed E-state index contributed by atoms with van der Waals surface area (Å²) < 4.78 is 0. The van der Waals surface area contributed by atoms with E-state index in [4.69, 9.17) is 5.11 Å². The second-order valence-electron chi connectivity index (χ2n) is 3.01. The zero-order chi connectivity index (χ0) is 6.85. The molecule has 0 spiro atoms. The van der Waals surface area contributed by atoms with Gasteiger partial charge in [0.15, 0.2) is 0 Å². The van der Waals surface area contributed by atoms with Crippen molar-refractivity contribution >= 4 is 0 Å². The molecule has 1 aliphatic rings. The number of hydrogen-bond acceptors (Lipinski definition) is 2. The third kappa shape index (κ3) is 1.66. The highest BCUT2D eigenvalue weighted by Gasteiger charge is 2.24. The maximum Gasteiger partial charge on any atom is 0.0527 e. The Morgan fingerprint density at radius 1 is 1.78 bits per heavy atom. The van der Waals surface area contributed by atoms with Crippen LogP contribution in [0.4, 0.5) is 0 Å². The van der Waals surface area contributed by atoms with Crippen LogP contribution in [0, 0.1) is 0 Å². The molecule has 2 heteroatoms. The summed E-state index contributed by atoms with van der Waals surface area (Å²) in [4.78, 5) is 2.28. The van der Waals surface area contributed by atoms with Gasteiger partial charge in [-0.1, -0.05) is 0 Å². The van der Waals surface area contributed by atoms with Gasteiger partial charge in [0.05, 0.1) is 6.10 Å². The second kappa shape index (κ2) is 2.67. The van der Waals surface area contributed by atoms with Crippen molar-refractivity contribution in [2.75, 3.05) is 13.6 Å². The molecular weight excluding hydrogens is 114 g/mol. The molecular formula is C7H15NO. The van der Waals surface area contributed by atoms with Crippen LogP contribution in [-0.2, 0) is 0 Å². The molecule has 2 atom stereocenters. The van der Waals surface area contributed by atoms with E-state index in [0.29, 0.717) is 6.04 Å². The normalized spacial score (nSPS) is 31.7. The molecule has 54 valence electrons. The molecule has 0 aromatic heterocycles. The lowest BCUT2D eigenvalue weighted by Crippen LogP contribution is -2.45. The fourth-order valence-corrected chi connectivity index (χ4v) is 1.26. The van der Waals surface area contributed by atoms with Gasteiger partial charge < -0.3 is 10.0 Å². The first-order chi connectivity index (χ1) is 4.20. The molecule has 1 rings (SSSR count). The largest absolute Gasteiger partial charge is 0.393 e. The summed E-state index contributed by atoms with van der Waals surface area (Å²) >= 11 is 0. The van der Waals surface area contributed by atoms with E-state index in [1.54, 1.807) is 0 Å². The van der Waals surface area contributed by atoms with E-state index >= 15 is 0 Å². The molecule has 0 saturated carbocycles. The van der Waals surface area contributed by atoms with Crippen molar-refractivity contribution in [3.8, 4) is 0 Å². The SMILES string of the molecule is CC(O)CC1CCN1C. The van der Waals surface area contributed by atoms with Crippen LogP contribution in [0.5, 0.6) is 0 Å². The Morgan fingerprint density at radius 2 is 2.44 bits per heavy atom. The molecule has 0 aromatic rings. The van der Waals surface area contributed by atoms with Gasteiger partial charge in [-0.25, -0.2) is 0 Å². The molecule has 1 saturated heterocycles. The minimum absolute atomic E-state index is 0.127. The van der Waals surface area contributed by atoms with Crippen molar-refractivity contribution < 1.29 is 5.11 Å². The zero-order valence-electron chi connectivity index (χ0n) is 6.17. The van der Waals surface area contributed by atoms with Crippen molar-refractivity contribution in [2.45, 2.75) is 31.9 Å². The van der Waals surface area contributed by atoms with Crippen molar-refractivity contribution in [1.82, 2.24) is 4.90 Å². The predicted octanol–water partition coefficient (Wildman–Crippen LogP) is 0.461. The van der Waals surface area contributed by atoms with Crippen LogP contribution in [0.15, 0.2) is 0 Å². The molecule has 2 nitrogen and oxygen atoms in total. The van der Waals surface area contributed by atoms with E-state index in [1.165, 1.54) is 13.0 Å². The Morgan fingerprint density at radius 3 is 2.56 bits per heavy atom. The van der Waals surface area contributed by atoms with Crippen LogP contribution in [0.3, 0.4) is 0 Å². The maximum absolute atomic E-state index is 8.98. The molecule has 0 bridgehead atoms. The van der Waals surface area contributed by atoms with E-state index in [9.17, 15) is 0 Å². The molecule has 0 amide bonds. The Labute approximate surface area is 56.5 Å². The van der Waals surface area contributed by atoms with E-state index in [2.05, 4.69) is 11.9 Å². The molecule has 1 heterocycles. The van der Waals surface area contributed by atoms with Crippen molar-refractivity contribution in [1.29, 1.82) is 0 Å². The van der Waals surface area contributed by atoms with Gasteiger partial charge in [-0.3, -0.25) is 0 Å². The Balaban J connectivity index is 2.13. The highest BCUT2D eigenvalue weighted by Crippen LogP contribution is 2.18. The smallest absolute Gasteiger partial charge is 0.0527 e. The Kier molecular flexibility index (Phi) is 2.09. The van der Waals surface area contributed by atoms with Gasteiger partial charge >= 0.3 is 0 Å². The van der Waals surface area contributed by atoms with Crippen LogP contribution >= 0.6 is 0 Å². The summed E-state index contributed by atoms with van der Waals surface area (Å²) in [5.41, 5.74) is 0. The van der Waals surface area contributed by atoms with Crippen LogP contribution in [0.1, 0.15) is 19.8 Å². The molecule has 1 fully saturated rings. The van der Waals surface area contributed by atoms with E-state index in [1.807, 2.05) is 6.92 Å². The van der Waals surface area contributed by atoms with Crippen LogP contribution in [0.25, 0.3) is 0 Å². The second-order valence-corrected chi connectivity index (χ2v) is 3.01. The zero-order valence-corrected chi connectivity index (χ0v) is 6.17. The summed E-state index contributed by atoms with van der Waals surface area (Å²) in [7, 11) is 2.11. The highest BCUT2D eigenvalue weighted by molar-refractivity contribution is 4.80. The topological polar surface area (TPSA) is 23.5 Å². The minimum atomic E-state index is -0.127. The van der Waals surface area contributed by atoms with Crippen LogP contribution in [-0.4, -0.2) is 35.7 Å². The molecule has 1 aliphatic heterocycles. The lowest BCUT2D eigenvalue weighted by Gasteiger charge is -2.38. The predicted molar refractivity (Wildman–Crippen MR) is 37.3 cm³/mol. The van der Waals surface area contributed by atoms with Gasteiger partial charge in [-0.15, -0.1) is 0 Å². The average molecular weight is 129 g/mol. The quantitative estimate of drug-likeness (QED) is 0.585. The molecule has 0 aromatic carbocycles. The molecule has 1 N–H and O–H groups in total. The van der Waals surface area contributed by atoms with Gasteiger partial charge in [0, 0.05) is 6.04 Å². The van der Waals surface area contributed by atoms with Gasteiger partial charge in [-0.05, 0) is 33.4 Å². The van der Waals surface area contributed by atoms with Crippen molar-refractivity contribution in [3.05, 3.63) is 0 Å². The summed E-state index contributed by atoms with van der Waals surface area (Å²) in [6.07, 6.45) is 2.08. The summed E-state index contributed by atoms with van der Waals surface area (Å²) in [6, 6.07) is 0.657. The first kappa shape index (κ1) is 7.03. The van der Waals surface area contributed by atoms with E-state index in [-0.39, 0.29) is 6.10 Å². The van der Waals surface area contributed by atoms with Gasteiger partial charge in [0.25, 0.3) is 0 Å². The van der Waals surface area contributed by atoms with Crippen molar-refractivity contribution in [3.63, 3.8) is 0 Å². The van der Waals surface area contributed by atoms with Crippen molar-refractivity contribution in [2.24, 2.45) is 0 Å². The first-order valence-electron chi connectivity index (χ1n) is 3.58. The number of aliphatic hydroxyl groups is 1. The summed E-state index contributed by atoms with van der Waals surface area (Å²) in [5.74, 6) is 0. The summed E-state index contributed by atoms with van der Waals surface area (Å²) in [5, 5.41) is 8.98. The third-order valence-electron chi connectivity index (χ3n) is 2.05. The number of rotatable bonds is 2. The lowest BCUT2D eigenvalue weighted by molar-refractivity contribution is 0.0674. The van der Waals surface area contributed by atoms with Crippen LogP contribution < -0.4 is 0 Å². The molecule has 0 aliphatic carbocycles. The summed E-state index contributed by atoms with van der Waals surface area (Å²) in [6.45, 7) is 3.06. The monoisotopic (exact) mass is 129 g/mol. The van der Waals surface area contributed by atoms with Gasteiger partial charge in [-0.2, -0.15) is 0 Å². The number of hydrogen-bond donors (Lipinski definition) is 1. The van der Waals surface area contributed by atoms with Crippen LogP contribution in [0.2, 0.25) is 0 Å². The van der Waals surface area contributed by atoms with E-state index < -0.39 is 0 Å². The van der Waals surface area contributed by atoms with Gasteiger partial charge in [0.1, 0.15) is 0 Å². The fraction of sp³-hybridized carbons (Fsp3) is 1.00. The molecule has 2 unspecified atom stereocenters. The number of nitrogens with zero attached hydrogens (tertiary/aromatic N) is 1. The lowest BCUT2D eigenvalue weighted by atomic mass is 9.98. The maximum atomic E-state index is 8.98. The highest BCUT2D eigenvalue weighted by atomic mass is 16.3. The minimum Gasteiger partial charge on any atom is -0.393 e. The fourth-order valence-electron chi connectivity index (χ4n) is 1.26. The van der Waals surface area contributed by atoms with Gasteiger partial charge in [0.2, 0.25) is 0 Å². The average Bonchev–Trinajstić information content (AvgIpc) is 1.79. The molecule has 0 radical (unpaired) electrons. The molecule has 9 heavy (non-hydrogen) atoms. The first-order valence-corrected chi connectivity index (χ1v) is 3.58. The number of aliphatic hydroxyl groups excluding tert-OH is 1. The van der Waals surface area contributed by atoms with E-state index in [0.717, 1.165) is 6.42 Å². The third-order valence-corrected chi connectivity index (χ3v) is 2.05. The number of likely N-dealkylation sites (tertiary alicyclic amines) is 1. The standard InChI is InChI=1S/C7H15NO/c1-6(9)5-7-3-4-8(7)2/h6-7,9H,3-5H2,1-2H3. The Bertz CT molecular complexity index is 92.9. The Hall–Kier alpha value is -0.0800.